The summed E-state index contributed by atoms with van der Waals surface area (Å²) in [5.74, 6) is -2.16. The molecule has 1 aliphatic heterocycles. The fraction of sp³-hybridized carbons (Fsp3) is 0.263. The van der Waals surface area contributed by atoms with Gasteiger partial charge in [0.2, 0.25) is 6.10 Å². The number of hydrogen-bond acceptors (Lipinski definition) is 3. The first-order valence-electron chi connectivity index (χ1n) is 8.14. The van der Waals surface area contributed by atoms with E-state index in [2.05, 4.69) is 0 Å². The number of benzene rings is 2. The molecule has 3 rings (SSSR count). The maximum absolute atomic E-state index is 13.3. The molecule has 1 saturated heterocycles. The Bertz CT molecular complexity index is 814. The number of likely N-dealkylation sites (tertiary alicyclic amines) is 1. The fourth-order valence-corrected chi connectivity index (χ4v) is 3.13. The Morgan fingerprint density at radius 1 is 1.23 bits per heavy atom. The molecule has 1 heterocycles. The number of amides is 1. The Balaban J connectivity index is 1.87. The van der Waals surface area contributed by atoms with Crippen molar-refractivity contribution in [2.75, 3.05) is 13.1 Å². The Morgan fingerprint density at radius 3 is 2.58 bits per heavy atom. The lowest BCUT2D eigenvalue weighted by Crippen LogP contribution is -2.36. The van der Waals surface area contributed by atoms with Crippen molar-refractivity contribution in [3.8, 4) is 5.75 Å². The topological polar surface area (TPSA) is 66.8 Å². The molecule has 0 radical (unpaired) electrons. The standard InChI is InChI=1S/C19H17ClFNO4/c20-15-10-14(21)6-7-16(15)26-17(12-4-2-1-3-5-12)18(23)22-9-8-13(11-22)19(24)25/h1-7,10,13,17H,8-9,11H2,(H,24,25). The van der Waals surface area contributed by atoms with E-state index in [4.69, 9.17) is 21.4 Å². The van der Waals surface area contributed by atoms with Crippen molar-refractivity contribution in [2.24, 2.45) is 5.92 Å². The lowest BCUT2D eigenvalue weighted by atomic mass is 10.1. The summed E-state index contributed by atoms with van der Waals surface area (Å²) in [6.45, 7) is 0.484. The van der Waals surface area contributed by atoms with Crippen molar-refractivity contribution in [2.45, 2.75) is 12.5 Å². The number of carbonyl (C=O) groups is 2. The monoisotopic (exact) mass is 377 g/mol. The molecule has 2 aromatic carbocycles. The van der Waals surface area contributed by atoms with E-state index < -0.39 is 23.8 Å². The second-order valence-electron chi connectivity index (χ2n) is 6.09. The van der Waals surface area contributed by atoms with Crippen molar-refractivity contribution in [3.05, 3.63) is 64.9 Å². The van der Waals surface area contributed by atoms with E-state index in [0.717, 1.165) is 6.07 Å². The number of halogens is 2. The van der Waals surface area contributed by atoms with Crippen LogP contribution in [-0.2, 0) is 9.59 Å². The van der Waals surface area contributed by atoms with Crippen LogP contribution in [0.25, 0.3) is 0 Å². The summed E-state index contributed by atoms with van der Waals surface area (Å²) in [5, 5.41) is 9.20. The minimum absolute atomic E-state index is 0.0589. The maximum Gasteiger partial charge on any atom is 0.308 e. The van der Waals surface area contributed by atoms with Gasteiger partial charge in [0.15, 0.2) is 0 Å². The second-order valence-corrected chi connectivity index (χ2v) is 6.50. The number of nitrogens with zero attached hydrogens (tertiary/aromatic N) is 1. The van der Waals surface area contributed by atoms with Crippen LogP contribution < -0.4 is 4.74 Å². The average molecular weight is 378 g/mol. The summed E-state index contributed by atoms with van der Waals surface area (Å²) >= 11 is 6.02. The van der Waals surface area contributed by atoms with Crippen molar-refractivity contribution in [1.29, 1.82) is 0 Å². The minimum Gasteiger partial charge on any atom is -0.481 e. The maximum atomic E-state index is 13.3. The molecule has 7 heteroatoms. The first-order valence-corrected chi connectivity index (χ1v) is 8.51. The van der Waals surface area contributed by atoms with Crippen LogP contribution in [0.3, 0.4) is 0 Å². The average Bonchev–Trinajstić information content (AvgIpc) is 3.12. The van der Waals surface area contributed by atoms with Gasteiger partial charge in [-0.3, -0.25) is 9.59 Å². The van der Waals surface area contributed by atoms with Gasteiger partial charge in [0.25, 0.3) is 5.91 Å². The third-order valence-corrected chi connectivity index (χ3v) is 4.61. The highest BCUT2D eigenvalue weighted by atomic mass is 35.5. The SMILES string of the molecule is O=C(O)C1CCN(C(=O)C(Oc2ccc(F)cc2Cl)c2ccccc2)C1. The van der Waals surface area contributed by atoms with Gasteiger partial charge in [0.1, 0.15) is 11.6 Å². The van der Waals surface area contributed by atoms with Gasteiger partial charge < -0.3 is 14.7 Å². The molecule has 136 valence electrons. The Kier molecular flexibility index (Phi) is 5.42. The zero-order valence-electron chi connectivity index (χ0n) is 13.8. The molecule has 0 bridgehead atoms. The first kappa shape index (κ1) is 18.2. The van der Waals surface area contributed by atoms with E-state index in [0.29, 0.717) is 18.5 Å². The van der Waals surface area contributed by atoms with Gasteiger partial charge in [-0.25, -0.2) is 4.39 Å². The van der Waals surface area contributed by atoms with E-state index in [1.807, 2.05) is 6.07 Å². The third-order valence-electron chi connectivity index (χ3n) is 4.31. The number of carboxylic acid groups (broad SMARTS) is 1. The number of carboxylic acids is 1. The van der Waals surface area contributed by atoms with Gasteiger partial charge in [-0.1, -0.05) is 41.9 Å². The predicted molar refractivity (Wildman–Crippen MR) is 93.5 cm³/mol. The van der Waals surface area contributed by atoms with Crippen molar-refractivity contribution >= 4 is 23.5 Å². The van der Waals surface area contributed by atoms with E-state index in [9.17, 15) is 14.0 Å². The molecular weight excluding hydrogens is 361 g/mol. The highest BCUT2D eigenvalue weighted by Crippen LogP contribution is 2.32. The Labute approximate surface area is 154 Å². The van der Waals surface area contributed by atoms with Crippen molar-refractivity contribution < 1.29 is 23.8 Å². The summed E-state index contributed by atoms with van der Waals surface area (Å²) in [5.41, 5.74) is 0.608. The zero-order valence-corrected chi connectivity index (χ0v) is 14.5. The summed E-state index contributed by atoms with van der Waals surface area (Å²) in [6, 6.07) is 12.5. The fourth-order valence-electron chi connectivity index (χ4n) is 2.91. The largest absolute Gasteiger partial charge is 0.481 e. The van der Waals surface area contributed by atoms with Crippen LogP contribution in [-0.4, -0.2) is 35.0 Å². The van der Waals surface area contributed by atoms with Gasteiger partial charge in [0.05, 0.1) is 10.9 Å². The van der Waals surface area contributed by atoms with Crippen molar-refractivity contribution in [3.63, 3.8) is 0 Å². The molecule has 0 aromatic heterocycles. The molecule has 0 aliphatic carbocycles. The Morgan fingerprint density at radius 2 is 1.96 bits per heavy atom. The van der Waals surface area contributed by atoms with Crippen LogP contribution in [0.1, 0.15) is 18.1 Å². The van der Waals surface area contributed by atoms with E-state index >= 15 is 0 Å². The predicted octanol–water partition coefficient (Wildman–Crippen LogP) is 3.53. The summed E-state index contributed by atoms with van der Waals surface area (Å²) < 4.78 is 19.1. The van der Waals surface area contributed by atoms with Crippen LogP contribution >= 0.6 is 11.6 Å². The molecule has 26 heavy (non-hydrogen) atoms. The Hall–Kier alpha value is -2.60. The molecular formula is C19H17ClFNO4. The molecule has 5 nitrogen and oxygen atoms in total. The summed E-state index contributed by atoms with van der Waals surface area (Å²) in [4.78, 5) is 25.6. The molecule has 1 amide bonds. The molecule has 2 aromatic rings. The number of ether oxygens (including phenoxy) is 1. The summed E-state index contributed by atoms with van der Waals surface area (Å²) in [7, 11) is 0. The van der Waals surface area contributed by atoms with Gasteiger partial charge in [-0.05, 0) is 24.6 Å². The highest BCUT2D eigenvalue weighted by Gasteiger charge is 2.35. The van der Waals surface area contributed by atoms with Crippen LogP contribution in [0.4, 0.5) is 4.39 Å². The van der Waals surface area contributed by atoms with E-state index in [1.54, 1.807) is 24.3 Å². The quantitative estimate of drug-likeness (QED) is 0.865. The normalized spacial score (nSPS) is 17.8. The highest BCUT2D eigenvalue weighted by molar-refractivity contribution is 6.32. The van der Waals surface area contributed by atoms with E-state index in [1.165, 1.54) is 17.0 Å². The number of carbonyl (C=O) groups excluding carboxylic acids is 1. The number of rotatable bonds is 5. The van der Waals surface area contributed by atoms with E-state index in [-0.39, 0.29) is 23.2 Å². The van der Waals surface area contributed by atoms with Crippen LogP contribution in [0.15, 0.2) is 48.5 Å². The van der Waals surface area contributed by atoms with Crippen LogP contribution in [0.5, 0.6) is 5.75 Å². The van der Waals surface area contributed by atoms with Gasteiger partial charge in [-0.15, -0.1) is 0 Å². The molecule has 1 fully saturated rings. The van der Waals surface area contributed by atoms with Crippen LogP contribution in [0, 0.1) is 11.7 Å². The third kappa shape index (κ3) is 3.96. The molecule has 1 aliphatic rings. The molecule has 2 atom stereocenters. The zero-order chi connectivity index (χ0) is 18.7. The summed E-state index contributed by atoms with van der Waals surface area (Å²) in [6.07, 6.45) is -0.591. The molecule has 1 N–H and O–H groups in total. The number of hydrogen-bond donors (Lipinski definition) is 1. The van der Waals surface area contributed by atoms with Crippen LogP contribution in [0.2, 0.25) is 5.02 Å². The minimum atomic E-state index is -0.994. The van der Waals surface area contributed by atoms with Crippen molar-refractivity contribution in [1.82, 2.24) is 4.90 Å². The molecule has 2 unspecified atom stereocenters. The van der Waals surface area contributed by atoms with Gasteiger partial charge in [-0.2, -0.15) is 0 Å². The molecule has 0 spiro atoms. The second kappa shape index (κ2) is 7.74. The lowest BCUT2D eigenvalue weighted by Gasteiger charge is -2.25. The number of aliphatic carboxylic acids is 1. The first-order chi connectivity index (χ1) is 12.5. The smallest absolute Gasteiger partial charge is 0.308 e. The lowest BCUT2D eigenvalue weighted by molar-refractivity contribution is -0.142. The van der Waals surface area contributed by atoms with Gasteiger partial charge >= 0.3 is 5.97 Å². The van der Waals surface area contributed by atoms with Gasteiger partial charge in [0, 0.05) is 18.7 Å². The molecule has 0 saturated carbocycles.